The van der Waals surface area contributed by atoms with Crippen molar-refractivity contribution in [1.29, 1.82) is 0 Å². The molecule has 0 amide bonds. The lowest BCUT2D eigenvalue weighted by atomic mass is 10.1. The van der Waals surface area contributed by atoms with E-state index >= 15 is 0 Å². The number of fused-ring (bicyclic) bond motifs is 1. The summed E-state index contributed by atoms with van der Waals surface area (Å²) >= 11 is 6.60. The third-order valence-electron chi connectivity index (χ3n) is 5.24. The Bertz CT molecular complexity index is 1100. The van der Waals surface area contributed by atoms with Crippen molar-refractivity contribution in [1.82, 2.24) is 19.9 Å². The average Bonchev–Trinajstić information content (AvgIpc) is 3.01. The van der Waals surface area contributed by atoms with Gasteiger partial charge in [0, 0.05) is 36.5 Å². The van der Waals surface area contributed by atoms with Crippen LogP contribution < -0.4 is 21.7 Å². The van der Waals surface area contributed by atoms with Crippen LogP contribution in [0.5, 0.6) is 0 Å². The van der Waals surface area contributed by atoms with Gasteiger partial charge in [0.25, 0.3) is 0 Å². The van der Waals surface area contributed by atoms with Gasteiger partial charge in [-0.05, 0) is 51.5 Å². The van der Waals surface area contributed by atoms with Crippen molar-refractivity contribution in [2.75, 3.05) is 23.7 Å². The summed E-state index contributed by atoms with van der Waals surface area (Å²) in [6.45, 7) is 9.99. The van der Waals surface area contributed by atoms with Gasteiger partial charge in [-0.2, -0.15) is 0 Å². The number of halogens is 1. The van der Waals surface area contributed by atoms with Crippen LogP contribution in [0.25, 0.3) is 5.65 Å². The van der Waals surface area contributed by atoms with Gasteiger partial charge in [0.1, 0.15) is 5.84 Å². The minimum absolute atomic E-state index is 0.231. The predicted molar refractivity (Wildman–Crippen MR) is 123 cm³/mol. The van der Waals surface area contributed by atoms with Crippen molar-refractivity contribution in [2.45, 2.75) is 39.8 Å². The second-order valence-corrected chi connectivity index (χ2v) is 8.51. The lowest BCUT2D eigenvalue weighted by molar-refractivity contribution is 0.407. The van der Waals surface area contributed by atoms with E-state index in [4.69, 9.17) is 23.1 Å². The number of benzene rings is 1. The largest absolute Gasteiger partial charge is 0.398 e. The van der Waals surface area contributed by atoms with E-state index in [9.17, 15) is 0 Å². The molecule has 5 N–H and O–H groups in total. The number of aromatic nitrogens is 3. The van der Waals surface area contributed by atoms with E-state index < -0.39 is 0 Å². The van der Waals surface area contributed by atoms with Crippen molar-refractivity contribution >= 4 is 40.3 Å². The van der Waals surface area contributed by atoms with Crippen molar-refractivity contribution in [3.05, 3.63) is 46.2 Å². The number of piperazine rings is 1. The van der Waals surface area contributed by atoms with Gasteiger partial charge < -0.3 is 21.7 Å². The molecule has 9 heteroatoms. The summed E-state index contributed by atoms with van der Waals surface area (Å²) in [4.78, 5) is 11.2. The summed E-state index contributed by atoms with van der Waals surface area (Å²) in [5.74, 6) is 0.702. The molecule has 1 aromatic carbocycles. The summed E-state index contributed by atoms with van der Waals surface area (Å²) in [5, 5.41) is 8.48. The van der Waals surface area contributed by atoms with Crippen LogP contribution in [0.2, 0.25) is 5.02 Å². The highest BCUT2D eigenvalue weighted by atomic mass is 35.5. The molecular weight excluding hydrogens is 400 g/mol. The van der Waals surface area contributed by atoms with E-state index in [1.807, 2.05) is 38.2 Å². The minimum Gasteiger partial charge on any atom is -0.398 e. The maximum absolute atomic E-state index is 6.60. The molecule has 8 nitrogen and oxygen atoms in total. The number of amidine groups is 1. The number of nitrogens with one attached hydrogen (secondary N) is 1. The zero-order valence-electron chi connectivity index (χ0n) is 17.6. The van der Waals surface area contributed by atoms with Gasteiger partial charge in [-0.15, -0.1) is 5.10 Å². The Balaban J connectivity index is 1.68. The molecule has 30 heavy (non-hydrogen) atoms. The zero-order valence-corrected chi connectivity index (χ0v) is 18.4. The molecular formula is C21H27ClN8. The van der Waals surface area contributed by atoms with E-state index in [1.165, 1.54) is 0 Å². The second kappa shape index (κ2) is 7.77. The fourth-order valence-electron chi connectivity index (χ4n) is 4.07. The third kappa shape index (κ3) is 3.93. The number of aliphatic imine (C=N–C) groups is 1. The number of nitrogen functional groups attached to an aromatic ring is 1. The first-order chi connectivity index (χ1) is 14.2. The standard InChI is InChI=1S/C21H27ClN8/c1-11-5-18(28-30-10-14(4)26-21(11)30)27-20(24)19-16(22)6-15(7-17(19)23)29-8-12(2)25-13(3)9-29/h5-7,10,12-13,25H,8-9,23H2,1-4H3,(H2,24,27,28). The van der Waals surface area contributed by atoms with E-state index in [2.05, 4.69) is 39.1 Å². The maximum Gasteiger partial charge on any atom is 0.175 e. The Hall–Kier alpha value is -2.84. The van der Waals surface area contributed by atoms with Crippen molar-refractivity contribution < 1.29 is 0 Å². The van der Waals surface area contributed by atoms with Crippen LogP contribution in [-0.2, 0) is 0 Å². The number of hydrogen-bond acceptors (Lipinski definition) is 6. The number of anilines is 2. The molecule has 1 fully saturated rings. The van der Waals surface area contributed by atoms with Crippen LogP contribution in [0.1, 0.15) is 30.7 Å². The van der Waals surface area contributed by atoms with E-state index in [1.54, 1.807) is 4.52 Å². The number of imidazole rings is 1. The van der Waals surface area contributed by atoms with Crippen molar-refractivity contribution in [2.24, 2.45) is 10.7 Å². The second-order valence-electron chi connectivity index (χ2n) is 8.10. The number of nitrogens with two attached hydrogens (primary N) is 2. The fraction of sp³-hybridized carbons (Fsp3) is 0.381. The molecule has 0 radical (unpaired) electrons. The van der Waals surface area contributed by atoms with Crippen LogP contribution in [0, 0.1) is 13.8 Å². The van der Waals surface area contributed by atoms with E-state index in [0.29, 0.717) is 34.2 Å². The highest BCUT2D eigenvalue weighted by Gasteiger charge is 2.23. The molecule has 4 rings (SSSR count). The Morgan fingerprint density at radius 1 is 1.20 bits per heavy atom. The number of aryl methyl sites for hydroxylation is 2. The molecule has 3 heterocycles. The summed E-state index contributed by atoms with van der Waals surface area (Å²) in [5.41, 5.74) is 17.3. The van der Waals surface area contributed by atoms with Crippen LogP contribution in [0.3, 0.4) is 0 Å². The summed E-state index contributed by atoms with van der Waals surface area (Å²) in [6.07, 6.45) is 1.85. The quantitative estimate of drug-likeness (QED) is 0.337. The van der Waals surface area contributed by atoms with E-state index in [-0.39, 0.29) is 5.84 Å². The van der Waals surface area contributed by atoms with Gasteiger partial charge in [-0.1, -0.05) is 11.6 Å². The molecule has 1 aliphatic heterocycles. The number of hydrogen-bond donors (Lipinski definition) is 3. The number of rotatable bonds is 3. The van der Waals surface area contributed by atoms with Crippen LogP contribution in [0.4, 0.5) is 17.2 Å². The highest BCUT2D eigenvalue weighted by molar-refractivity contribution is 6.35. The molecule has 2 aromatic heterocycles. The zero-order chi connectivity index (χ0) is 21.6. The van der Waals surface area contributed by atoms with Crippen molar-refractivity contribution in [3.8, 4) is 0 Å². The lowest BCUT2D eigenvalue weighted by Gasteiger charge is -2.38. The summed E-state index contributed by atoms with van der Waals surface area (Å²) < 4.78 is 1.71. The molecule has 2 atom stereocenters. The van der Waals surface area contributed by atoms with Gasteiger partial charge >= 0.3 is 0 Å². The third-order valence-corrected chi connectivity index (χ3v) is 5.53. The smallest absolute Gasteiger partial charge is 0.175 e. The maximum atomic E-state index is 6.60. The van der Waals surface area contributed by atoms with Crippen molar-refractivity contribution in [3.63, 3.8) is 0 Å². The van der Waals surface area contributed by atoms with Crippen LogP contribution in [0.15, 0.2) is 29.4 Å². The Morgan fingerprint density at radius 3 is 2.57 bits per heavy atom. The molecule has 1 aliphatic rings. The normalized spacial score (nSPS) is 20.2. The fourth-order valence-corrected chi connectivity index (χ4v) is 4.38. The molecule has 0 spiro atoms. The first-order valence-electron chi connectivity index (χ1n) is 9.99. The Labute approximate surface area is 180 Å². The Kier molecular flexibility index (Phi) is 5.29. The molecule has 158 valence electrons. The lowest BCUT2D eigenvalue weighted by Crippen LogP contribution is -2.54. The summed E-state index contributed by atoms with van der Waals surface area (Å²) in [7, 11) is 0. The first-order valence-corrected chi connectivity index (χ1v) is 10.4. The van der Waals surface area contributed by atoms with Gasteiger partial charge in [0.2, 0.25) is 0 Å². The summed E-state index contributed by atoms with van der Waals surface area (Å²) in [6, 6.07) is 6.43. The molecule has 0 saturated carbocycles. The SMILES string of the molecule is Cc1cn2nc(N=C(N)c3c(N)cc(N4CC(C)NC(C)C4)cc3Cl)cc(C)c2n1. The number of nitrogens with zero attached hydrogens (tertiary/aromatic N) is 5. The average molecular weight is 427 g/mol. The molecule has 3 aromatic rings. The predicted octanol–water partition coefficient (Wildman–Crippen LogP) is 2.81. The Morgan fingerprint density at radius 2 is 1.90 bits per heavy atom. The van der Waals surface area contributed by atoms with Gasteiger partial charge in [-0.3, -0.25) is 0 Å². The molecule has 1 saturated heterocycles. The van der Waals surface area contributed by atoms with E-state index in [0.717, 1.165) is 35.7 Å². The van der Waals surface area contributed by atoms with Gasteiger partial charge in [-0.25, -0.2) is 14.5 Å². The monoisotopic (exact) mass is 426 g/mol. The van der Waals surface area contributed by atoms with Crippen LogP contribution >= 0.6 is 11.6 Å². The molecule has 0 bridgehead atoms. The van der Waals surface area contributed by atoms with Crippen LogP contribution in [-0.4, -0.2) is 45.6 Å². The minimum atomic E-state index is 0.231. The van der Waals surface area contributed by atoms with Gasteiger partial charge in [0.15, 0.2) is 11.5 Å². The highest BCUT2D eigenvalue weighted by Crippen LogP contribution is 2.31. The topological polar surface area (TPSA) is 110 Å². The van der Waals surface area contributed by atoms with Gasteiger partial charge in [0.05, 0.1) is 22.5 Å². The molecule has 0 aliphatic carbocycles. The first kappa shape index (κ1) is 20.4. The molecule has 2 unspecified atom stereocenters.